The van der Waals surface area contributed by atoms with E-state index < -0.39 is 29.9 Å². The van der Waals surface area contributed by atoms with E-state index in [0.29, 0.717) is 0 Å². The fourth-order valence-electron chi connectivity index (χ4n) is 1.43. The van der Waals surface area contributed by atoms with Crippen LogP contribution >= 0.6 is 0 Å². The quantitative estimate of drug-likeness (QED) is 0.688. The first-order chi connectivity index (χ1) is 7.14. The number of halogens is 1. The number of amides is 1. The zero-order valence-corrected chi connectivity index (χ0v) is 9.62. The number of carboxylic acids is 1. The Kier molecular flexibility index (Phi) is 5.05. The van der Waals surface area contributed by atoms with E-state index in [1.807, 2.05) is 0 Å². The molecule has 1 rings (SSSR count). The number of alkyl halides is 1. The molecular weight excluding hydrogens is 224 g/mol. The Morgan fingerprint density at radius 1 is 1.41 bits per heavy atom. The molecule has 1 saturated heterocycles. The number of hydrogen-bond donors (Lipinski definition) is 1. The van der Waals surface area contributed by atoms with Crippen LogP contribution in [0.3, 0.4) is 0 Å². The Hall–Kier alpha value is -0.733. The molecule has 0 aromatic carbocycles. The summed E-state index contributed by atoms with van der Waals surface area (Å²) in [5, 5.41) is 8.65. The number of aliphatic carboxylic acids is 1. The second kappa shape index (κ2) is 5.28. The molecule has 0 aromatic rings. The van der Waals surface area contributed by atoms with Crippen molar-refractivity contribution in [2.75, 3.05) is 13.1 Å². The van der Waals surface area contributed by atoms with Gasteiger partial charge in [0.1, 0.15) is 5.60 Å². The molecule has 1 aliphatic rings. The molecule has 0 aromatic heterocycles. The number of nitrogens with zero attached hydrogens (tertiary/aromatic N) is 1. The monoisotopic (exact) mass is 241 g/mol. The fraction of sp³-hybridized carbons (Fsp3) is 0.800. The second-order valence-corrected chi connectivity index (χ2v) is 4.92. The van der Waals surface area contributed by atoms with Gasteiger partial charge in [0.2, 0.25) is 5.67 Å². The van der Waals surface area contributed by atoms with E-state index in [1.54, 1.807) is 20.8 Å². The molecule has 0 saturated carbocycles. The predicted octanol–water partition coefficient (Wildman–Crippen LogP) is 0.772. The molecule has 0 bridgehead atoms. The van der Waals surface area contributed by atoms with Gasteiger partial charge in [-0.1, -0.05) is 0 Å². The van der Waals surface area contributed by atoms with Gasteiger partial charge >= 0.3 is 30.9 Å². The average molecular weight is 241 g/mol. The molecule has 1 N–H and O–H groups in total. The van der Waals surface area contributed by atoms with E-state index in [9.17, 15) is 14.0 Å². The van der Waals surface area contributed by atoms with Gasteiger partial charge in [-0.05, 0) is 20.8 Å². The predicted molar refractivity (Wildman–Crippen MR) is 61.0 cm³/mol. The van der Waals surface area contributed by atoms with Crippen molar-refractivity contribution in [1.29, 1.82) is 0 Å². The van der Waals surface area contributed by atoms with Gasteiger partial charge < -0.3 is 14.7 Å². The summed E-state index contributed by atoms with van der Waals surface area (Å²) in [4.78, 5) is 23.2. The van der Waals surface area contributed by atoms with Gasteiger partial charge in [0, 0.05) is 13.0 Å². The number of hydrogen-bond acceptors (Lipinski definition) is 3. The third-order valence-electron chi connectivity index (χ3n) is 2.25. The Morgan fingerprint density at radius 2 is 1.94 bits per heavy atom. The molecule has 0 aliphatic carbocycles. The first-order valence-electron chi connectivity index (χ1n) is 5.04. The van der Waals surface area contributed by atoms with Gasteiger partial charge in [0.05, 0.1) is 6.54 Å². The number of carboxylic acid groups (broad SMARTS) is 1. The zero-order chi connectivity index (χ0) is 12.6. The third kappa shape index (κ3) is 4.21. The van der Waals surface area contributed by atoms with Crippen molar-refractivity contribution in [2.24, 2.45) is 0 Å². The van der Waals surface area contributed by atoms with Gasteiger partial charge in [-0.25, -0.2) is 14.0 Å². The Bertz CT molecular complexity index is 318. The molecule has 5 nitrogen and oxygen atoms in total. The molecular formula is C10H17FLiNO4. The first kappa shape index (κ1) is 16.3. The molecule has 17 heavy (non-hydrogen) atoms. The maximum absolute atomic E-state index is 13.6. The van der Waals surface area contributed by atoms with Crippen LogP contribution < -0.4 is 0 Å². The maximum atomic E-state index is 13.6. The van der Waals surface area contributed by atoms with E-state index in [0.717, 1.165) is 4.90 Å². The third-order valence-corrected chi connectivity index (χ3v) is 2.25. The van der Waals surface area contributed by atoms with E-state index >= 15 is 0 Å². The molecule has 1 heterocycles. The van der Waals surface area contributed by atoms with Crippen LogP contribution in [0.4, 0.5) is 9.18 Å². The Morgan fingerprint density at radius 3 is 2.29 bits per heavy atom. The Labute approximate surface area is 111 Å². The fourth-order valence-corrected chi connectivity index (χ4v) is 1.43. The summed E-state index contributed by atoms with van der Waals surface area (Å²) < 4.78 is 18.7. The molecule has 0 radical (unpaired) electrons. The molecule has 1 amide bonds. The Balaban J connectivity index is 0.00000256. The summed E-state index contributed by atoms with van der Waals surface area (Å²) in [5.74, 6) is -1.53. The van der Waals surface area contributed by atoms with E-state index in [2.05, 4.69) is 0 Å². The van der Waals surface area contributed by atoms with Crippen LogP contribution in [0.1, 0.15) is 27.2 Å². The number of carbonyl (C=O) groups excluding carboxylic acids is 1. The van der Waals surface area contributed by atoms with E-state index in [-0.39, 0.29) is 31.8 Å². The van der Waals surface area contributed by atoms with Crippen molar-refractivity contribution in [3.8, 4) is 0 Å². The van der Waals surface area contributed by atoms with Crippen LogP contribution in [0, 0.1) is 0 Å². The van der Waals surface area contributed by atoms with Crippen LogP contribution in [0.25, 0.3) is 0 Å². The average Bonchev–Trinajstić information content (AvgIpc) is 2.46. The van der Waals surface area contributed by atoms with Crippen molar-refractivity contribution >= 4 is 30.9 Å². The van der Waals surface area contributed by atoms with Gasteiger partial charge in [-0.3, -0.25) is 0 Å². The normalized spacial score (nSPS) is 24.1. The van der Waals surface area contributed by atoms with Crippen LogP contribution in [-0.2, 0) is 9.53 Å². The minimum atomic E-state index is -2.34. The number of rotatable bonds is 1. The molecule has 94 valence electrons. The van der Waals surface area contributed by atoms with Crippen molar-refractivity contribution in [3.63, 3.8) is 0 Å². The van der Waals surface area contributed by atoms with Gasteiger partial charge in [0.25, 0.3) is 0 Å². The van der Waals surface area contributed by atoms with Crippen molar-refractivity contribution in [3.05, 3.63) is 0 Å². The van der Waals surface area contributed by atoms with Gasteiger partial charge in [-0.15, -0.1) is 0 Å². The summed E-state index contributed by atoms with van der Waals surface area (Å²) in [6, 6.07) is 0. The summed E-state index contributed by atoms with van der Waals surface area (Å²) in [6.07, 6.45) is -0.866. The summed E-state index contributed by atoms with van der Waals surface area (Å²) in [7, 11) is 0. The molecule has 0 spiro atoms. The summed E-state index contributed by atoms with van der Waals surface area (Å²) in [5.41, 5.74) is -3.00. The first-order valence-corrected chi connectivity index (χ1v) is 5.04. The second-order valence-electron chi connectivity index (χ2n) is 4.92. The molecule has 1 fully saturated rings. The van der Waals surface area contributed by atoms with E-state index in [4.69, 9.17) is 9.84 Å². The zero-order valence-electron chi connectivity index (χ0n) is 9.62. The number of carbonyl (C=O) groups is 2. The van der Waals surface area contributed by atoms with Crippen LogP contribution in [0.2, 0.25) is 0 Å². The molecule has 1 aliphatic heterocycles. The number of ether oxygens (including phenoxy) is 1. The van der Waals surface area contributed by atoms with E-state index in [1.165, 1.54) is 0 Å². The molecule has 1 atom stereocenters. The van der Waals surface area contributed by atoms with Gasteiger partial charge in [0.15, 0.2) is 0 Å². The standard InChI is InChI=1S/C10H16FNO4.Li.H/c1-9(2,3)16-8(15)12-5-4-10(11,6-12)7(13)14;;/h4-6H2,1-3H3,(H,13,14);;/t10-;;/m1../s1. The van der Waals surface area contributed by atoms with Crippen molar-refractivity contribution < 1.29 is 23.8 Å². The minimum absolute atomic E-state index is 0. The van der Waals surface area contributed by atoms with Crippen LogP contribution in [0.5, 0.6) is 0 Å². The van der Waals surface area contributed by atoms with Crippen molar-refractivity contribution in [2.45, 2.75) is 38.5 Å². The van der Waals surface area contributed by atoms with Crippen LogP contribution in [0.15, 0.2) is 0 Å². The summed E-state index contributed by atoms with van der Waals surface area (Å²) >= 11 is 0. The molecule has 0 unspecified atom stereocenters. The molecule has 7 heteroatoms. The topological polar surface area (TPSA) is 66.8 Å². The van der Waals surface area contributed by atoms with Crippen molar-refractivity contribution in [1.82, 2.24) is 4.90 Å². The SMILES string of the molecule is CC(C)(C)OC(=O)N1CC[C@](F)(C(=O)O)C1.[LiH]. The van der Waals surface area contributed by atoms with Gasteiger partial charge in [-0.2, -0.15) is 0 Å². The number of likely N-dealkylation sites (tertiary alicyclic amines) is 1. The van der Waals surface area contributed by atoms with Crippen LogP contribution in [-0.4, -0.2) is 65.3 Å². The summed E-state index contributed by atoms with van der Waals surface area (Å²) in [6.45, 7) is 4.71.